The van der Waals surface area contributed by atoms with Crippen molar-refractivity contribution in [2.45, 2.75) is 78.0 Å². The van der Waals surface area contributed by atoms with E-state index < -0.39 is 35.0 Å². The van der Waals surface area contributed by atoms with E-state index in [9.17, 15) is 14.7 Å². The third kappa shape index (κ3) is 3.14. The molecule has 8 atom stereocenters. The van der Waals surface area contributed by atoms with Crippen LogP contribution in [-0.4, -0.2) is 47.1 Å². The maximum absolute atomic E-state index is 14.8. The molecular weight excluding hydrogens is 492 g/mol. The van der Waals surface area contributed by atoms with Crippen LogP contribution >= 0.6 is 0 Å². The predicted octanol–water partition coefficient (Wildman–Crippen LogP) is 5.05. The molecule has 206 valence electrons. The summed E-state index contributed by atoms with van der Waals surface area (Å²) in [5, 5.41) is 13.2. The van der Waals surface area contributed by atoms with E-state index in [1.807, 2.05) is 57.2 Å². The van der Waals surface area contributed by atoms with Crippen molar-refractivity contribution in [1.82, 2.24) is 0 Å². The summed E-state index contributed by atoms with van der Waals surface area (Å²) < 4.78 is 18.9. The zero-order valence-electron chi connectivity index (χ0n) is 23.6. The molecule has 0 amide bonds. The minimum Gasteiger partial charge on any atom is -0.451 e. The van der Waals surface area contributed by atoms with E-state index in [1.54, 1.807) is 6.07 Å². The van der Waals surface area contributed by atoms with Gasteiger partial charge in [0.05, 0.1) is 17.6 Å². The fraction of sp³-hybridized carbons (Fsp3) is 0.576. The summed E-state index contributed by atoms with van der Waals surface area (Å²) in [5.41, 5.74) is 0.884. The molecule has 1 N–H and O–H groups in total. The molecular formula is C33H38O6. The van der Waals surface area contributed by atoms with Crippen LogP contribution in [0.15, 0.2) is 47.6 Å². The van der Waals surface area contributed by atoms with Gasteiger partial charge in [-0.3, -0.25) is 4.79 Å². The van der Waals surface area contributed by atoms with Gasteiger partial charge in [0, 0.05) is 5.92 Å². The Bertz CT molecular complexity index is 1400. The number of ether oxygens (including phenoxy) is 3. The van der Waals surface area contributed by atoms with Gasteiger partial charge in [0.15, 0.2) is 23.3 Å². The first kappa shape index (κ1) is 25.4. The second-order valence-corrected chi connectivity index (χ2v) is 13.8. The van der Waals surface area contributed by atoms with Crippen LogP contribution in [0.1, 0.15) is 69.4 Å². The van der Waals surface area contributed by atoms with Crippen LogP contribution in [0.3, 0.4) is 0 Å². The van der Waals surface area contributed by atoms with Gasteiger partial charge in [-0.15, -0.1) is 0 Å². The molecule has 1 aliphatic heterocycles. The molecule has 2 saturated carbocycles. The Morgan fingerprint density at radius 2 is 1.95 bits per heavy atom. The minimum absolute atomic E-state index is 0.0154. The lowest BCUT2D eigenvalue weighted by atomic mass is 9.59. The normalized spacial score (nSPS) is 42.2. The van der Waals surface area contributed by atoms with Crippen LogP contribution in [0.5, 0.6) is 0 Å². The van der Waals surface area contributed by atoms with Crippen molar-refractivity contribution in [3.05, 3.63) is 64.3 Å². The molecule has 39 heavy (non-hydrogen) atoms. The van der Waals surface area contributed by atoms with Gasteiger partial charge in [-0.2, -0.15) is 0 Å². The summed E-state index contributed by atoms with van der Waals surface area (Å²) in [4.78, 5) is 28.6. The van der Waals surface area contributed by atoms with E-state index in [0.29, 0.717) is 23.5 Å². The van der Waals surface area contributed by atoms with Gasteiger partial charge in [-0.25, -0.2) is 4.79 Å². The Kier molecular flexibility index (Phi) is 5.09. The lowest BCUT2D eigenvalue weighted by Crippen LogP contribution is -2.68. The lowest BCUT2D eigenvalue weighted by molar-refractivity contribution is -0.302. The molecule has 6 nitrogen and oxygen atoms in total. The Balaban J connectivity index is 1.37. The summed E-state index contributed by atoms with van der Waals surface area (Å²) >= 11 is 0. The molecule has 0 radical (unpaired) electrons. The molecule has 5 aliphatic carbocycles. The maximum atomic E-state index is 14.8. The number of carbonyl (C=O) groups excluding carboxylic acids is 2. The van der Waals surface area contributed by atoms with E-state index in [-0.39, 0.29) is 35.6 Å². The van der Waals surface area contributed by atoms with Crippen LogP contribution < -0.4 is 0 Å². The fourth-order valence-corrected chi connectivity index (χ4v) is 8.95. The van der Waals surface area contributed by atoms with E-state index in [0.717, 1.165) is 23.1 Å². The Morgan fingerprint density at radius 1 is 1.18 bits per heavy atom. The van der Waals surface area contributed by atoms with Crippen molar-refractivity contribution >= 4 is 17.8 Å². The number of hydrogen-bond donors (Lipinski definition) is 1. The van der Waals surface area contributed by atoms with Crippen molar-refractivity contribution in [3.63, 3.8) is 0 Å². The summed E-state index contributed by atoms with van der Waals surface area (Å²) in [5.74, 6) is -1.38. The second-order valence-electron chi connectivity index (χ2n) is 13.8. The van der Waals surface area contributed by atoms with E-state index in [2.05, 4.69) is 20.8 Å². The van der Waals surface area contributed by atoms with Gasteiger partial charge >= 0.3 is 5.97 Å². The van der Waals surface area contributed by atoms with E-state index >= 15 is 0 Å². The minimum atomic E-state index is -1.80. The molecule has 3 fully saturated rings. The molecule has 1 spiro atoms. The summed E-state index contributed by atoms with van der Waals surface area (Å²) in [7, 11) is 0. The number of fused-ring (bicyclic) bond motifs is 6. The maximum Gasteiger partial charge on any atom is 0.339 e. The molecule has 1 aromatic carbocycles. The molecule has 7 rings (SSSR count). The Morgan fingerprint density at radius 3 is 2.72 bits per heavy atom. The zero-order valence-corrected chi connectivity index (χ0v) is 23.6. The fourth-order valence-electron chi connectivity index (χ4n) is 8.95. The molecule has 0 aromatic heterocycles. The summed E-state index contributed by atoms with van der Waals surface area (Å²) in [6.07, 6.45) is 7.59. The number of allylic oxidation sites excluding steroid dienone is 2. The number of benzene rings is 1. The van der Waals surface area contributed by atoms with Crippen molar-refractivity contribution in [2.24, 2.45) is 34.5 Å². The van der Waals surface area contributed by atoms with Gasteiger partial charge in [-0.1, -0.05) is 57.2 Å². The Hall–Kier alpha value is -2.54. The third-order valence-electron chi connectivity index (χ3n) is 10.9. The number of hydrogen-bond acceptors (Lipinski definition) is 6. The van der Waals surface area contributed by atoms with Crippen LogP contribution in [0.4, 0.5) is 0 Å². The van der Waals surface area contributed by atoms with Crippen molar-refractivity contribution < 1.29 is 28.9 Å². The highest BCUT2D eigenvalue weighted by atomic mass is 16.7. The third-order valence-corrected chi connectivity index (χ3v) is 10.9. The topological polar surface area (TPSA) is 82.1 Å². The van der Waals surface area contributed by atoms with E-state index in [1.165, 1.54) is 0 Å². The average Bonchev–Trinajstić information content (AvgIpc) is 3.17. The summed E-state index contributed by atoms with van der Waals surface area (Å²) in [6, 6.07) is 5.61. The Labute approximate surface area is 230 Å². The van der Waals surface area contributed by atoms with Gasteiger partial charge in [0.25, 0.3) is 0 Å². The van der Waals surface area contributed by atoms with Crippen molar-refractivity contribution in [2.75, 3.05) is 6.61 Å². The van der Waals surface area contributed by atoms with Gasteiger partial charge in [-0.05, 0) is 85.1 Å². The van der Waals surface area contributed by atoms with Crippen LogP contribution in [0, 0.1) is 34.5 Å². The molecule has 2 bridgehead atoms. The standard InChI is InChI=1S/C33H38O6/c1-17-15-32-18(2)13-24-25(30(24,3)4)23(26(32)34)14-20-16-37-31(5,6)39-28(20)33(32,36)27(17)38-29(35)22-12-8-10-19-9-7-11-21(19)22/h7-10,12,14-15,18,23-25,27-28,36H,11,13,16H2,1-6H3/t18-,23+,24-,25+,27+,28-,32+,33-/m1/s1. The molecule has 6 aliphatic rings. The summed E-state index contributed by atoms with van der Waals surface area (Å²) in [6.45, 7) is 12.3. The van der Waals surface area contributed by atoms with Gasteiger partial charge in [0.2, 0.25) is 0 Å². The molecule has 0 unspecified atom stereocenters. The van der Waals surface area contributed by atoms with Gasteiger partial charge in [0.1, 0.15) is 6.10 Å². The second kappa shape index (κ2) is 7.80. The average molecular weight is 531 g/mol. The number of ketones is 1. The molecule has 1 aromatic rings. The number of carbonyl (C=O) groups is 2. The van der Waals surface area contributed by atoms with Crippen LogP contribution in [0.2, 0.25) is 0 Å². The number of Topliss-reactive ketones (excluding diaryl/α,β-unsaturated/α-hetero) is 1. The monoisotopic (exact) mass is 530 g/mol. The van der Waals surface area contributed by atoms with Crippen molar-refractivity contribution in [1.29, 1.82) is 0 Å². The largest absolute Gasteiger partial charge is 0.451 e. The quantitative estimate of drug-likeness (QED) is 0.426. The molecule has 6 heteroatoms. The number of rotatable bonds is 2. The number of esters is 1. The molecule has 1 saturated heterocycles. The first-order valence-electron chi connectivity index (χ1n) is 14.3. The zero-order chi connectivity index (χ0) is 27.7. The molecule has 1 heterocycles. The smallest absolute Gasteiger partial charge is 0.339 e. The number of aliphatic hydroxyl groups is 1. The van der Waals surface area contributed by atoms with E-state index in [4.69, 9.17) is 14.2 Å². The lowest BCUT2D eigenvalue weighted by Gasteiger charge is -2.52. The first-order chi connectivity index (χ1) is 18.3. The van der Waals surface area contributed by atoms with Crippen molar-refractivity contribution in [3.8, 4) is 0 Å². The van der Waals surface area contributed by atoms with Gasteiger partial charge < -0.3 is 19.3 Å². The highest BCUT2D eigenvalue weighted by Gasteiger charge is 2.77. The highest BCUT2D eigenvalue weighted by Crippen LogP contribution is 2.72. The predicted molar refractivity (Wildman–Crippen MR) is 146 cm³/mol. The van der Waals surface area contributed by atoms with Crippen LogP contribution in [-0.2, 0) is 25.4 Å². The van der Waals surface area contributed by atoms with Crippen LogP contribution in [0.25, 0.3) is 6.08 Å². The SMILES string of the molecule is CC1=C[C@]23C(=O)[C@@H](C=C4COC(C)(C)O[C@H]4[C@]2(O)[C@H]1OC(=O)c1cccc2c1CC=C2)[C@H]1[C@@H](C[C@H]3C)C1(C)C. The highest BCUT2D eigenvalue weighted by molar-refractivity contribution is 5.96. The first-order valence-corrected chi connectivity index (χ1v) is 14.3.